The second-order valence-corrected chi connectivity index (χ2v) is 5.26. The summed E-state index contributed by atoms with van der Waals surface area (Å²) in [6, 6.07) is 2.00. The van der Waals surface area contributed by atoms with E-state index in [0.717, 1.165) is 27.2 Å². The third kappa shape index (κ3) is 1.73. The van der Waals surface area contributed by atoms with Gasteiger partial charge in [0.25, 0.3) is 0 Å². The van der Waals surface area contributed by atoms with Gasteiger partial charge in [-0.2, -0.15) is 0 Å². The maximum absolute atomic E-state index is 5.48. The zero-order chi connectivity index (χ0) is 8.55. The molecule has 5 heteroatoms. The van der Waals surface area contributed by atoms with E-state index in [-0.39, 0.29) is 0 Å². The average Bonchev–Trinajstić information content (AvgIpc) is 2.61. The lowest BCUT2D eigenvalue weighted by molar-refractivity contribution is 0.469. The molecule has 12 heavy (non-hydrogen) atoms. The summed E-state index contributed by atoms with van der Waals surface area (Å²) in [5, 5.41) is 3.67. The van der Waals surface area contributed by atoms with Crippen LogP contribution in [0.2, 0.25) is 0 Å². The van der Waals surface area contributed by atoms with Crippen molar-refractivity contribution in [1.29, 1.82) is 0 Å². The van der Waals surface area contributed by atoms with E-state index in [1.807, 2.05) is 17.8 Å². The normalized spacial score (nSPS) is 23.3. The van der Waals surface area contributed by atoms with E-state index in [1.165, 1.54) is 0 Å². The van der Waals surface area contributed by atoms with Crippen molar-refractivity contribution < 1.29 is 4.42 Å². The number of hydrogen-bond acceptors (Lipinski definition) is 3. The van der Waals surface area contributed by atoms with Crippen LogP contribution in [0.1, 0.15) is 11.1 Å². The molecular weight excluding hydrogens is 306 g/mol. The molecule has 0 aliphatic carbocycles. The second-order valence-electron chi connectivity index (χ2n) is 2.48. The molecule has 0 radical (unpaired) electrons. The van der Waals surface area contributed by atoms with Gasteiger partial charge in [-0.05, 0) is 37.9 Å². The lowest BCUT2D eigenvalue weighted by Crippen LogP contribution is -2.11. The van der Waals surface area contributed by atoms with Gasteiger partial charge in [-0.25, -0.2) is 0 Å². The van der Waals surface area contributed by atoms with Crippen LogP contribution in [0.15, 0.2) is 19.6 Å². The lowest BCUT2D eigenvalue weighted by Gasteiger charge is -2.03. The summed E-state index contributed by atoms with van der Waals surface area (Å²) in [6.07, 6.45) is 0. The largest absolute Gasteiger partial charge is 0.451 e. The fourth-order valence-corrected chi connectivity index (χ4v) is 2.70. The average molecular weight is 313 g/mol. The van der Waals surface area contributed by atoms with Crippen LogP contribution in [-0.4, -0.2) is 12.3 Å². The van der Waals surface area contributed by atoms with E-state index in [2.05, 4.69) is 37.2 Å². The molecule has 0 aromatic carbocycles. The molecule has 2 rings (SSSR count). The Balaban J connectivity index is 2.21. The van der Waals surface area contributed by atoms with Crippen molar-refractivity contribution in [3.8, 4) is 0 Å². The molecule has 0 amide bonds. The fourth-order valence-electron chi connectivity index (χ4n) is 1.10. The van der Waals surface area contributed by atoms with Crippen molar-refractivity contribution >= 4 is 43.6 Å². The minimum atomic E-state index is 0.326. The molecule has 1 atom stereocenters. The van der Waals surface area contributed by atoms with Crippen LogP contribution in [0.5, 0.6) is 0 Å². The topological polar surface area (TPSA) is 25.2 Å². The number of halogens is 2. The van der Waals surface area contributed by atoms with Crippen molar-refractivity contribution in [2.75, 3.05) is 12.3 Å². The lowest BCUT2D eigenvalue weighted by atomic mass is 10.4. The van der Waals surface area contributed by atoms with Crippen LogP contribution < -0.4 is 5.32 Å². The van der Waals surface area contributed by atoms with Crippen molar-refractivity contribution in [3.63, 3.8) is 0 Å². The summed E-state index contributed by atoms with van der Waals surface area (Å²) in [7, 11) is 0. The summed E-state index contributed by atoms with van der Waals surface area (Å²) in [5.74, 6) is 2.14. The highest BCUT2D eigenvalue weighted by Gasteiger charge is 2.21. The molecule has 1 fully saturated rings. The van der Waals surface area contributed by atoms with Crippen LogP contribution in [0, 0.1) is 0 Å². The Morgan fingerprint density at radius 1 is 1.58 bits per heavy atom. The minimum absolute atomic E-state index is 0.326. The van der Waals surface area contributed by atoms with E-state index in [9.17, 15) is 0 Å². The van der Waals surface area contributed by atoms with Gasteiger partial charge in [0.05, 0.1) is 4.47 Å². The number of hydrogen-bond donors (Lipinski definition) is 1. The molecule has 1 aromatic rings. The SMILES string of the molecule is Brc1cc(C2NCCS2)oc1Br. The van der Waals surface area contributed by atoms with Gasteiger partial charge in [-0.3, -0.25) is 5.32 Å². The molecule has 0 spiro atoms. The number of nitrogens with one attached hydrogen (secondary N) is 1. The van der Waals surface area contributed by atoms with Crippen LogP contribution in [0.25, 0.3) is 0 Å². The molecule has 0 saturated carbocycles. The monoisotopic (exact) mass is 311 g/mol. The Bertz CT molecular complexity index is 263. The van der Waals surface area contributed by atoms with E-state index < -0.39 is 0 Å². The van der Waals surface area contributed by atoms with Crippen molar-refractivity contribution in [3.05, 3.63) is 21.0 Å². The Morgan fingerprint density at radius 2 is 2.42 bits per heavy atom. The number of furan rings is 1. The van der Waals surface area contributed by atoms with E-state index in [1.54, 1.807) is 0 Å². The van der Waals surface area contributed by atoms with Gasteiger partial charge in [0.15, 0.2) is 4.67 Å². The third-order valence-corrected chi connectivity index (χ3v) is 4.52. The maximum atomic E-state index is 5.48. The van der Waals surface area contributed by atoms with Crippen molar-refractivity contribution in [2.45, 2.75) is 5.37 Å². The first-order valence-corrected chi connectivity index (χ1v) is 6.20. The standard InChI is InChI=1S/C7H7Br2NOS/c8-4-3-5(11-6(4)9)7-10-1-2-12-7/h3,7,10H,1-2H2. The highest BCUT2D eigenvalue weighted by atomic mass is 79.9. The fraction of sp³-hybridized carbons (Fsp3) is 0.429. The first kappa shape index (κ1) is 9.12. The quantitative estimate of drug-likeness (QED) is 0.862. The third-order valence-electron chi connectivity index (χ3n) is 1.64. The highest BCUT2D eigenvalue weighted by Crippen LogP contribution is 2.36. The predicted molar refractivity (Wildman–Crippen MR) is 57.3 cm³/mol. The van der Waals surface area contributed by atoms with Gasteiger partial charge in [0.2, 0.25) is 0 Å². The second kappa shape index (κ2) is 3.74. The van der Waals surface area contributed by atoms with Gasteiger partial charge >= 0.3 is 0 Å². The first-order chi connectivity index (χ1) is 5.77. The van der Waals surface area contributed by atoms with Crippen LogP contribution >= 0.6 is 43.6 Å². The smallest absolute Gasteiger partial charge is 0.183 e. The molecule has 2 heterocycles. The van der Waals surface area contributed by atoms with Gasteiger partial charge in [-0.1, -0.05) is 0 Å². The maximum Gasteiger partial charge on any atom is 0.183 e. The molecule has 1 aromatic heterocycles. The Labute approximate surface area is 91.7 Å². The summed E-state index contributed by atoms with van der Waals surface area (Å²) in [5.41, 5.74) is 0. The van der Waals surface area contributed by atoms with Gasteiger partial charge in [0.1, 0.15) is 11.1 Å². The van der Waals surface area contributed by atoms with E-state index in [4.69, 9.17) is 4.42 Å². The summed E-state index contributed by atoms with van der Waals surface area (Å²) < 4.78 is 7.23. The molecule has 1 aliphatic rings. The van der Waals surface area contributed by atoms with Gasteiger partial charge < -0.3 is 4.42 Å². The summed E-state index contributed by atoms with van der Waals surface area (Å²) >= 11 is 8.57. The molecular formula is C7H7Br2NOS. The van der Waals surface area contributed by atoms with E-state index >= 15 is 0 Å². The molecule has 1 aliphatic heterocycles. The summed E-state index contributed by atoms with van der Waals surface area (Å²) in [6.45, 7) is 1.06. The molecule has 2 nitrogen and oxygen atoms in total. The van der Waals surface area contributed by atoms with Crippen LogP contribution in [0.4, 0.5) is 0 Å². The van der Waals surface area contributed by atoms with Crippen LogP contribution in [-0.2, 0) is 0 Å². The van der Waals surface area contributed by atoms with Gasteiger partial charge in [-0.15, -0.1) is 11.8 Å². The highest BCUT2D eigenvalue weighted by molar-refractivity contribution is 9.13. The van der Waals surface area contributed by atoms with Crippen molar-refractivity contribution in [2.24, 2.45) is 0 Å². The molecule has 1 saturated heterocycles. The van der Waals surface area contributed by atoms with Crippen LogP contribution in [0.3, 0.4) is 0 Å². The van der Waals surface area contributed by atoms with Gasteiger partial charge in [0, 0.05) is 12.3 Å². The molecule has 66 valence electrons. The Morgan fingerprint density at radius 3 is 2.92 bits per heavy atom. The Hall–Kier alpha value is 0.550. The zero-order valence-electron chi connectivity index (χ0n) is 6.14. The molecule has 1 unspecified atom stereocenters. The Kier molecular flexibility index (Phi) is 2.84. The predicted octanol–water partition coefficient (Wildman–Crippen LogP) is 3.14. The zero-order valence-corrected chi connectivity index (χ0v) is 10.1. The molecule has 0 bridgehead atoms. The van der Waals surface area contributed by atoms with Crippen molar-refractivity contribution in [1.82, 2.24) is 5.32 Å². The number of rotatable bonds is 1. The van der Waals surface area contributed by atoms with E-state index in [0.29, 0.717) is 5.37 Å². The molecule has 1 N–H and O–H groups in total. The first-order valence-electron chi connectivity index (χ1n) is 3.57. The number of thioether (sulfide) groups is 1. The minimum Gasteiger partial charge on any atom is -0.451 e. The summed E-state index contributed by atoms with van der Waals surface area (Å²) in [4.78, 5) is 0.